The number of sulfonamides is 1. The molecule has 0 spiro atoms. The van der Waals surface area contributed by atoms with Crippen LogP contribution in [-0.4, -0.2) is 48.4 Å². The van der Waals surface area contributed by atoms with Gasteiger partial charge in [0.15, 0.2) is 0 Å². The maximum absolute atomic E-state index is 12.2. The summed E-state index contributed by atoms with van der Waals surface area (Å²) in [5.74, 6) is 1.20. The Morgan fingerprint density at radius 2 is 2.05 bits per heavy atom. The third-order valence-corrected chi connectivity index (χ3v) is 5.17. The first-order valence-corrected chi connectivity index (χ1v) is 9.02. The number of rotatable bonds is 9. The van der Waals surface area contributed by atoms with Gasteiger partial charge in [-0.2, -0.15) is 0 Å². The summed E-state index contributed by atoms with van der Waals surface area (Å²) < 4.78 is 37.3. The first kappa shape index (κ1) is 17.2. The van der Waals surface area contributed by atoms with Crippen molar-refractivity contribution in [1.82, 2.24) is 10.0 Å². The van der Waals surface area contributed by atoms with Crippen molar-refractivity contribution in [2.24, 2.45) is 5.92 Å². The highest BCUT2D eigenvalue weighted by Crippen LogP contribution is 2.16. The first-order valence-electron chi connectivity index (χ1n) is 7.54. The predicted octanol–water partition coefficient (Wildman–Crippen LogP) is 0.990. The predicted molar refractivity (Wildman–Crippen MR) is 84.6 cm³/mol. The average Bonchev–Trinajstić information content (AvgIpc) is 3.01. The van der Waals surface area contributed by atoms with Gasteiger partial charge in [0, 0.05) is 13.7 Å². The number of methoxy groups -OCH3 is 1. The molecule has 1 aliphatic heterocycles. The van der Waals surface area contributed by atoms with Gasteiger partial charge in [-0.05, 0) is 56.1 Å². The number of hydrogen-bond acceptors (Lipinski definition) is 5. The monoisotopic (exact) mass is 328 g/mol. The lowest BCUT2D eigenvalue weighted by atomic mass is 10.1. The molecule has 1 heterocycles. The summed E-state index contributed by atoms with van der Waals surface area (Å²) in [6.07, 6.45) is 1.99. The van der Waals surface area contributed by atoms with Gasteiger partial charge in [0.05, 0.1) is 11.5 Å². The van der Waals surface area contributed by atoms with Crippen molar-refractivity contribution >= 4 is 10.0 Å². The van der Waals surface area contributed by atoms with Gasteiger partial charge in [-0.25, -0.2) is 13.1 Å². The second kappa shape index (κ2) is 8.47. The molecule has 6 nitrogen and oxygen atoms in total. The summed E-state index contributed by atoms with van der Waals surface area (Å²) in [7, 11) is -1.84. The van der Waals surface area contributed by atoms with E-state index in [9.17, 15) is 8.42 Å². The fourth-order valence-corrected chi connectivity index (χ4v) is 3.45. The fraction of sp³-hybridized carbons (Fsp3) is 0.600. The molecule has 1 aromatic rings. The number of ether oxygens (including phenoxy) is 2. The molecule has 1 saturated heterocycles. The van der Waals surface area contributed by atoms with Crippen LogP contribution in [0.2, 0.25) is 0 Å². The Morgan fingerprint density at radius 3 is 2.68 bits per heavy atom. The Morgan fingerprint density at radius 1 is 1.27 bits per heavy atom. The largest absolute Gasteiger partial charge is 0.491 e. The minimum Gasteiger partial charge on any atom is -0.491 e. The molecule has 0 aliphatic carbocycles. The molecule has 124 valence electrons. The van der Waals surface area contributed by atoms with Crippen molar-refractivity contribution in [3.05, 3.63) is 24.3 Å². The van der Waals surface area contributed by atoms with E-state index in [0.29, 0.717) is 31.4 Å². The van der Waals surface area contributed by atoms with Crippen LogP contribution in [0.15, 0.2) is 29.2 Å². The molecule has 1 fully saturated rings. The van der Waals surface area contributed by atoms with Crippen molar-refractivity contribution in [1.29, 1.82) is 0 Å². The molecule has 0 saturated carbocycles. The SMILES string of the molecule is COCCOc1ccc(S(=O)(=O)NCCC2CCNC2)cc1. The van der Waals surface area contributed by atoms with Crippen molar-refractivity contribution in [3.63, 3.8) is 0 Å². The molecule has 0 aromatic heterocycles. The highest BCUT2D eigenvalue weighted by molar-refractivity contribution is 7.89. The Balaban J connectivity index is 1.82. The molecule has 0 amide bonds. The Labute approximate surface area is 132 Å². The topological polar surface area (TPSA) is 76.7 Å². The Hall–Kier alpha value is -1.15. The van der Waals surface area contributed by atoms with E-state index < -0.39 is 10.0 Å². The van der Waals surface area contributed by atoms with Crippen LogP contribution in [0, 0.1) is 5.92 Å². The van der Waals surface area contributed by atoms with Crippen LogP contribution < -0.4 is 14.8 Å². The third kappa shape index (κ3) is 5.24. The van der Waals surface area contributed by atoms with Gasteiger partial charge in [-0.3, -0.25) is 0 Å². The third-order valence-electron chi connectivity index (χ3n) is 3.70. The fourth-order valence-electron chi connectivity index (χ4n) is 2.40. The van der Waals surface area contributed by atoms with E-state index >= 15 is 0 Å². The lowest BCUT2D eigenvalue weighted by Gasteiger charge is -2.11. The van der Waals surface area contributed by atoms with Gasteiger partial charge in [0.2, 0.25) is 10.0 Å². The standard InChI is InChI=1S/C15H24N2O4S/c1-20-10-11-21-14-2-4-15(5-3-14)22(18,19)17-9-7-13-6-8-16-12-13/h2-5,13,16-17H,6-12H2,1H3. The van der Waals surface area contributed by atoms with Gasteiger partial charge < -0.3 is 14.8 Å². The van der Waals surface area contributed by atoms with E-state index in [4.69, 9.17) is 9.47 Å². The van der Waals surface area contributed by atoms with Crippen LogP contribution in [0.25, 0.3) is 0 Å². The molecular formula is C15H24N2O4S. The van der Waals surface area contributed by atoms with Gasteiger partial charge in [0.1, 0.15) is 12.4 Å². The number of hydrogen-bond donors (Lipinski definition) is 2. The molecule has 1 aliphatic rings. The number of benzene rings is 1. The quantitative estimate of drug-likeness (QED) is 0.661. The van der Waals surface area contributed by atoms with E-state index in [1.807, 2.05) is 0 Å². The van der Waals surface area contributed by atoms with E-state index in [0.717, 1.165) is 25.9 Å². The Kier molecular flexibility index (Phi) is 6.63. The molecule has 2 N–H and O–H groups in total. The van der Waals surface area contributed by atoms with Gasteiger partial charge in [-0.1, -0.05) is 0 Å². The van der Waals surface area contributed by atoms with Crippen LogP contribution in [0.1, 0.15) is 12.8 Å². The van der Waals surface area contributed by atoms with E-state index in [-0.39, 0.29) is 4.90 Å². The lowest BCUT2D eigenvalue weighted by Crippen LogP contribution is -2.26. The van der Waals surface area contributed by atoms with Gasteiger partial charge in [0.25, 0.3) is 0 Å². The molecule has 7 heteroatoms. The molecular weight excluding hydrogens is 304 g/mol. The molecule has 0 radical (unpaired) electrons. The van der Waals surface area contributed by atoms with Crippen LogP contribution in [0.5, 0.6) is 5.75 Å². The molecule has 1 aromatic carbocycles. The van der Waals surface area contributed by atoms with Gasteiger partial charge >= 0.3 is 0 Å². The number of nitrogens with one attached hydrogen (secondary N) is 2. The summed E-state index contributed by atoms with van der Waals surface area (Å²) in [6.45, 7) is 3.42. The summed E-state index contributed by atoms with van der Waals surface area (Å²) in [5.41, 5.74) is 0. The zero-order valence-electron chi connectivity index (χ0n) is 12.9. The zero-order chi connectivity index (χ0) is 15.8. The van der Waals surface area contributed by atoms with E-state index in [2.05, 4.69) is 10.0 Å². The second-order valence-electron chi connectivity index (χ2n) is 5.36. The highest BCUT2D eigenvalue weighted by Gasteiger charge is 2.17. The van der Waals surface area contributed by atoms with E-state index in [1.54, 1.807) is 31.4 Å². The first-order chi connectivity index (χ1) is 10.6. The highest BCUT2D eigenvalue weighted by atomic mass is 32.2. The minimum atomic E-state index is -3.44. The second-order valence-corrected chi connectivity index (χ2v) is 7.12. The molecule has 1 unspecified atom stereocenters. The summed E-state index contributed by atoms with van der Waals surface area (Å²) >= 11 is 0. The van der Waals surface area contributed by atoms with Crippen molar-refractivity contribution in [2.75, 3.05) is 40.0 Å². The van der Waals surface area contributed by atoms with E-state index in [1.165, 1.54) is 0 Å². The van der Waals surface area contributed by atoms with Crippen LogP contribution >= 0.6 is 0 Å². The molecule has 1 atom stereocenters. The van der Waals surface area contributed by atoms with Crippen LogP contribution in [0.3, 0.4) is 0 Å². The smallest absolute Gasteiger partial charge is 0.240 e. The molecule has 22 heavy (non-hydrogen) atoms. The van der Waals surface area contributed by atoms with Gasteiger partial charge in [-0.15, -0.1) is 0 Å². The van der Waals surface area contributed by atoms with Crippen LogP contribution in [0.4, 0.5) is 0 Å². The van der Waals surface area contributed by atoms with Crippen molar-refractivity contribution < 1.29 is 17.9 Å². The maximum atomic E-state index is 12.2. The minimum absolute atomic E-state index is 0.260. The maximum Gasteiger partial charge on any atom is 0.240 e. The Bertz CT molecular complexity index is 539. The van der Waals surface area contributed by atoms with Crippen molar-refractivity contribution in [3.8, 4) is 5.75 Å². The lowest BCUT2D eigenvalue weighted by molar-refractivity contribution is 0.146. The zero-order valence-corrected chi connectivity index (χ0v) is 13.7. The van der Waals surface area contributed by atoms with Crippen LogP contribution in [-0.2, 0) is 14.8 Å². The summed E-state index contributed by atoms with van der Waals surface area (Å²) in [4.78, 5) is 0.260. The molecule has 2 rings (SSSR count). The van der Waals surface area contributed by atoms with Crippen molar-refractivity contribution in [2.45, 2.75) is 17.7 Å². The average molecular weight is 328 g/mol. The molecule has 0 bridgehead atoms. The summed E-state index contributed by atoms with van der Waals surface area (Å²) in [5, 5.41) is 3.28. The normalized spacial score (nSPS) is 18.5. The summed E-state index contributed by atoms with van der Waals surface area (Å²) in [6, 6.07) is 6.43.